The lowest BCUT2D eigenvalue weighted by atomic mass is 9.98. The molecular weight excluding hydrogens is 204 g/mol. The average molecular weight is 224 g/mol. The Bertz CT molecular complexity index is 306. The predicted molar refractivity (Wildman–Crippen MR) is 61.3 cm³/mol. The number of nitrogens with one attached hydrogen (secondary N) is 1. The van der Waals surface area contributed by atoms with Crippen LogP contribution >= 0.6 is 0 Å². The van der Waals surface area contributed by atoms with E-state index in [1.54, 1.807) is 0 Å². The number of hydrogen-bond donors (Lipinski definition) is 1. The van der Waals surface area contributed by atoms with Crippen molar-refractivity contribution in [1.82, 2.24) is 10.3 Å². The van der Waals surface area contributed by atoms with Gasteiger partial charge in [-0.05, 0) is 25.8 Å². The summed E-state index contributed by atoms with van der Waals surface area (Å²) in [6.45, 7) is 5.58. The second-order valence-electron chi connectivity index (χ2n) is 4.22. The normalized spacial score (nSPS) is 17.8. The first-order chi connectivity index (χ1) is 7.90. The van der Waals surface area contributed by atoms with E-state index in [2.05, 4.69) is 17.2 Å². The molecule has 0 unspecified atom stereocenters. The van der Waals surface area contributed by atoms with Crippen molar-refractivity contribution in [2.45, 2.75) is 38.6 Å². The molecule has 1 aromatic rings. The third-order valence-electron chi connectivity index (χ3n) is 2.90. The fourth-order valence-corrected chi connectivity index (χ4v) is 1.95. The Labute approximate surface area is 96.4 Å². The summed E-state index contributed by atoms with van der Waals surface area (Å²) < 4.78 is 11.1. The summed E-state index contributed by atoms with van der Waals surface area (Å²) in [6, 6.07) is 0. The number of aromatic nitrogens is 1. The van der Waals surface area contributed by atoms with Crippen LogP contribution in [0, 0.1) is 0 Å². The largest absolute Gasteiger partial charge is 0.444 e. The van der Waals surface area contributed by atoms with Gasteiger partial charge in [0.25, 0.3) is 0 Å². The van der Waals surface area contributed by atoms with E-state index in [1.807, 2.05) is 6.20 Å². The molecule has 1 fully saturated rings. The zero-order chi connectivity index (χ0) is 11.2. The maximum Gasteiger partial charge on any atom is 0.208 e. The summed E-state index contributed by atoms with van der Waals surface area (Å²) in [5.74, 6) is 2.33. The minimum absolute atomic E-state index is 0.501. The van der Waals surface area contributed by atoms with Gasteiger partial charge in [0, 0.05) is 19.1 Å². The summed E-state index contributed by atoms with van der Waals surface area (Å²) in [7, 11) is 0. The van der Waals surface area contributed by atoms with Crippen molar-refractivity contribution in [3.8, 4) is 0 Å². The van der Waals surface area contributed by atoms with Crippen molar-refractivity contribution in [2.24, 2.45) is 0 Å². The van der Waals surface area contributed by atoms with Gasteiger partial charge in [-0.2, -0.15) is 0 Å². The molecule has 0 aromatic carbocycles. The Morgan fingerprint density at radius 2 is 2.25 bits per heavy atom. The molecule has 0 atom stereocenters. The van der Waals surface area contributed by atoms with Gasteiger partial charge in [-0.25, -0.2) is 4.98 Å². The molecule has 90 valence electrons. The molecule has 0 aliphatic carbocycles. The van der Waals surface area contributed by atoms with Gasteiger partial charge in [-0.15, -0.1) is 0 Å². The van der Waals surface area contributed by atoms with Crippen LogP contribution < -0.4 is 5.32 Å². The average Bonchev–Trinajstić information content (AvgIpc) is 2.79. The van der Waals surface area contributed by atoms with Gasteiger partial charge >= 0.3 is 0 Å². The van der Waals surface area contributed by atoms with Gasteiger partial charge in [-0.3, -0.25) is 0 Å². The lowest BCUT2D eigenvalue weighted by molar-refractivity contribution is 0.0803. The van der Waals surface area contributed by atoms with Crippen LogP contribution in [-0.4, -0.2) is 24.7 Å². The maximum atomic E-state index is 5.74. The molecule has 1 saturated heterocycles. The van der Waals surface area contributed by atoms with E-state index in [9.17, 15) is 0 Å². The molecule has 1 aliphatic heterocycles. The number of ether oxygens (including phenoxy) is 1. The second kappa shape index (κ2) is 6.01. The number of nitrogens with zero attached hydrogens (tertiary/aromatic N) is 1. The van der Waals surface area contributed by atoms with Gasteiger partial charge in [0.15, 0.2) is 0 Å². The molecule has 1 aliphatic rings. The first-order valence-corrected chi connectivity index (χ1v) is 6.13. The van der Waals surface area contributed by atoms with Gasteiger partial charge in [0.2, 0.25) is 5.89 Å². The summed E-state index contributed by atoms with van der Waals surface area (Å²) in [5.41, 5.74) is 0. The Hall–Kier alpha value is -0.870. The highest BCUT2D eigenvalue weighted by molar-refractivity contribution is 5.02. The minimum atomic E-state index is 0.501. The highest BCUT2D eigenvalue weighted by Gasteiger charge is 2.19. The SMILES string of the molecule is CCCNCc1ncc(C2CCOCC2)o1. The van der Waals surface area contributed by atoms with Gasteiger partial charge in [0.05, 0.1) is 12.7 Å². The van der Waals surface area contributed by atoms with E-state index in [1.165, 1.54) is 0 Å². The molecular formula is C12H20N2O2. The molecule has 0 spiro atoms. The topological polar surface area (TPSA) is 47.3 Å². The van der Waals surface area contributed by atoms with Gasteiger partial charge in [0.1, 0.15) is 5.76 Å². The van der Waals surface area contributed by atoms with Crippen LogP contribution in [0.3, 0.4) is 0 Å². The van der Waals surface area contributed by atoms with E-state index in [-0.39, 0.29) is 0 Å². The summed E-state index contributed by atoms with van der Waals surface area (Å²) >= 11 is 0. The molecule has 1 aromatic heterocycles. The Balaban J connectivity index is 1.85. The molecule has 4 heteroatoms. The highest BCUT2D eigenvalue weighted by atomic mass is 16.5. The number of rotatable bonds is 5. The highest BCUT2D eigenvalue weighted by Crippen LogP contribution is 2.27. The van der Waals surface area contributed by atoms with Crippen molar-refractivity contribution in [2.75, 3.05) is 19.8 Å². The maximum absolute atomic E-state index is 5.74. The van der Waals surface area contributed by atoms with Crippen molar-refractivity contribution < 1.29 is 9.15 Å². The molecule has 16 heavy (non-hydrogen) atoms. The van der Waals surface area contributed by atoms with Crippen molar-refractivity contribution in [3.63, 3.8) is 0 Å². The van der Waals surface area contributed by atoms with Crippen LogP contribution in [0.1, 0.15) is 43.8 Å². The smallest absolute Gasteiger partial charge is 0.208 e. The lowest BCUT2D eigenvalue weighted by Gasteiger charge is -2.19. The third kappa shape index (κ3) is 3.06. The van der Waals surface area contributed by atoms with Crippen LogP contribution in [0.15, 0.2) is 10.6 Å². The third-order valence-corrected chi connectivity index (χ3v) is 2.90. The fourth-order valence-electron chi connectivity index (χ4n) is 1.95. The zero-order valence-electron chi connectivity index (χ0n) is 9.87. The van der Waals surface area contributed by atoms with Crippen LogP contribution in [0.5, 0.6) is 0 Å². The second-order valence-corrected chi connectivity index (χ2v) is 4.22. The zero-order valence-corrected chi connectivity index (χ0v) is 9.87. The van der Waals surface area contributed by atoms with Crippen molar-refractivity contribution >= 4 is 0 Å². The predicted octanol–water partition coefficient (Wildman–Crippen LogP) is 2.07. The summed E-state index contributed by atoms with van der Waals surface area (Å²) in [5, 5.41) is 3.29. The lowest BCUT2D eigenvalue weighted by Crippen LogP contribution is -2.14. The molecule has 4 nitrogen and oxygen atoms in total. The number of hydrogen-bond acceptors (Lipinski definition) is 4. The minimum Gasteiger partial charge on any atom is -0.444 e. The Morgan fingerprint density at radius 1 is 1.44 bits per heavy atom. The Kier molecular flexibility index (Phi) is 4.36. The molecule has 1 N–H and O–H groups in total. The standard InChI is InChI=1S/C12H20N2O2/c1-2-5-13-9-12-14-8-11(16-12)10-3-6-15-7-4-10/h8,10,13H,2-7,9H2,1H3. The molecule has 0 amide bonds. The molecule has 0 saturated carbocycles. The fraction of sp³-hybridized carbons (Fsp3) is 0.750. The quantitative estimate of drug-likeness (QED) is 0.778. The van der Waals surface area contributed by atoms with E-state index >= 15 is 0 Å². The summed E-state index contributed by atoms with van der Waals surface area (Å²) in [6.07, 6.45) is 5.11. The first kappa shape index (κ1) is 11.6. The van der Waals surface area contributed by atoms with Gasteiger partial charge < -0.3 is 14.5 Å². The van der Waals surface area contributed by atoms with Gasteiger partial charge in [-0.1, -0.05) is 6.92 Å². The molecule has 0 radical (unpaired) electrons. The van der Waals surface area contributed by atoms with E-state index < -0.39 is 0 Å². The molecule has 0 bridgehead atoms. The van der Waals surface area contributed by atoms with E-state index in [0.29, 0.717) is 5.92 Å². The number of oxazole rings is 1. The van der Waals surface area contributed by atoms with E-state index in [4.69, 9.17) is 9.15 Å². The van der Waals surface area contributed by atoms with Crippen molar-refractivity contribution in [1.29, 1.82) is 0 Å². The van der Waals surface area contributed by atoms with Crippen LogP contribution in [0.2, 0.25) is 0 Å². The Morgan fingerprint density at radius 3 is 3.00 bits per heavy atom. The first-order valence-electron chi connectivity index (χ1n) is 6.13. The van der Waals surface area contributed by atoms with E-state index in [0.717, 1.165) is 57.2 Å². The van der Waals surface area contributed by atoms with Crippen LogP contribution in [0.25, 0.3) is 0 Å². The summed E-state index contributed by atoms with van der Waals surface area (Å²) in [4.78, 5) is 4.29. The van der Waals surface area contributed by atoms with Crippen molar-refractivity contribution in [3.05, 3.63) is 17.8 Å². The molecule has 2 heterocycles. The van der Waals surface area contributed by atoms with Crippen LogP contribution in [0.4, 0.5) is 0 Å². The monoisotopic (exact) mass is 224 g/mol. The van der Waals surface area contributed by atoms with Crippen LogP contribution in [-0.2, 0) is 11.3 Å². The molecule has 2 rings (SSSR count).